The molecule has 8 heteroatoms. The van der Waals surface area contributed by atoms with Crippen LogP contribution in [-0.4, -0.2) is 61.0 Å². The van der Waals surface area contributed by atoms with Crippen molar-refractivity contribution >= 4 is 26.6 Å². The second-order valence-corrected chi connectivity index (χ2v) is 12.1. The zero-order valence-electron chi connectivity index (χ0n) is 21.1. The molecule has 0 saturated carbocycles. The van der Waals surface area contributed by atoms with Gasteiger partial charge in [0.25, 0.3) is 0 Å². The molecular formula is C28H36N4O3S. The summed E-state index contributed by atoms with van der Waals surface area (Å²) in [6, 6.07) is 16.8. The van der Waals surface area contributed by atoms with Crippen LogP contribution in [0.2, 0.25) is 0 Å². The molecule has 1 aliphatic heterocycles. The van der Waals surface area contributed by atoms with Gasteiger partial charge in [-0.3, -0.25) is 4.90 Å². The van der Waals surface area contributed by atoms with Crippen molar-refractivity contribution in [1.29, 1.82) is 0 Å². The molecule has 7 nitrogen and oxygen atoms in total. The smallest absolute Gasteiger partial charge is 0.208 e. The molecular weight excluding hydrogens is 472 g/mol. The number of nitrogens with zero attached hydrogens (tertiary/aromatic N) is 3. The van der Waals surface area contributed by atoms with Gasteiger partial charge in [0, 0.05) is 38.6 Å². The molecule has 0 amide bonds. The van der Waals surface area contributed by atoms with Crippen LogP contribution in [0.5, 0.6) is 0 Å². The van der Waals surface area contributed by atoms with Crippen molar-refractivity contribution in [2.75, 3.05) is 26.0 Å². The lowest BCUT2D eigenvalue weighted by molar-refractivity contribution is -0.00338. The number of hydrogen-bond acceptors (Lipinski definition) is 5. The third-order valence-electron chi connectivity index (χ3n) is 7.44. The zero-order valence-corrected chi connectivity index (χ0v) is 22.0. The van der Waals surface area contributed by atoms with Gasteiger partial charge in [0.05, 0.1) is 36.3 Å². The van der Waals surface area contributed by atoms with Crippen LogP contribution in [-0.2, 0) is 28.4 Å². The number of piperidine rings is 1. The minimum absolute atomic E-state index is 0.0904. The third-order valence-corrected chi connectivity index (χ3v) is 8.17. The minimum atomic E-state index is -3.27. The first-order valence-electron chi connectivity index (χ1n) is 12.8. The fourth-order valence-corrected chi connectivity index (χ4v) is 6.36. The van der Waals surface area contributed by atoms with Crippen molar-refractivity contribution in [1.82, 2.24) is 19.2 Å². The number of fused-ring (bicyclic) bond motifs is 1. The molecule has 3 atom stereocenters. The van der Waals surface area contributed by atoms with E-state index in [-0.39, 0.29) is 18.1 Å². The van der Waals surface area contributed by atoms with E-state index in [2.05, 4.69) is 67.7 Å². The Hall–Kier alpha value is -2.52. The van der Waals surface area contributed by atoms with Gasteiger partial charge in [-0.05, 0) is 54.5 Å². The minimum Gasteiger partial charge on any atom is -0.377 e. The van der Waals surface area contributed by atoms with E-state index >= 15 is 0 Å². The number of nitrogens with one attached hydrogen (secondary N) is 1. The topological polar surface area (TPSA) is 76.5 Å². The summed E-state index contributed by atoms with van der Waals surface area (Å²) in [4.78, 5) is 6.83. The van der Waals surface area contributed by atoms with E-state index in [0.717, 1.165) is 56.4 Å². The number of allylic oxidation sites excluding steroid dienone is 1. The molecule has 36 heavy (non-hydrogen) atoms. The Morgan fingerprint density at radius 1 is 1.14 bits per heavy atom. The zero-order chi connectivity index (χ0) is 25.1. The normalized spacial score (nSPS) is 23.6. The number of likely N-dealkylation sites (tertiary alicyclic amines) is 1. The van der Waals surface area contributed by atoms with Gasteiger partial charge in [0.15, 0.2) is 0 Å². The molecule has 1 unspecified atom stereocenters. The molecule has 1 saturated heterocycles. The molecule has 0 bridgehead atoms. The van der Waals surface area contributed by atoms with Crippen LogP contribution in [0.4, 0.5) is 0 Å². The number of aryl methyl sites for hydroxylation is 1. The summed E-state index contributed by atoms with van der Waals surface area (Å²) < 4.78 is 35.3. The highest BCUT2D eigenvalue weighted by molar-refractivity contribution is 7.88. The number of rotatable bonds is 8. The van der Waals surface area contributed by atoms with Crippen LogP contribution in [0.3, 0.4) is 0 Å². The Morgan fingerprint density at radius 2 is 1.97 bits per heavy atom. The highest BCUT2D eigenvalue weighted by Crippen LogP contribution is 2.31. The second-order valence-electron chi connectivity index (χ2n) is 10.3. The Morgan fingerprint density at radius 3 is 2.72 bits per heavy atom. The highest BCUT2D eigenvalue weighted by Gasteiger charge is 2.32. The molecule has 2 aromatic carbocycles. The molecule has 5 rings (SSSR count). The first kappa shape index (κ1) is 25.1. The number of benzene rings is 2. The van der Waals surface area contributed by atoms with Gasteiger partial charge in [-0.1, -0.05) is 42.5 Å². The third kappa shape index (κ3) is 6.24. The second kappa shape index (κ2) is 10.8. The van der Waals surface area contributed by atoms with Crippen LogP contribution in [0.1, 0.15) is 36.8 Å². The van der Waals surface area contributed by atoms with E-state index in [1.165, 1.54) is 23.0 Å². The van der Waals surface area contributed by atoms with Crippen LogP contribution >= 0.6 is 0 Å². The van der Waals surface area contributed by atoms with Gasteiger partial charge >= 0.3 is 0 Å². The maximum Gasteiger partial charge on any atom is 0.208 e. The lowest BCUT2D eigenvalue weighted by atomic mass is 9.91. The molecule has 3 aromatic rings. The van der Waals surface area contributed by atoms with Crippen molar-refractivity contribution in [2.45, 2.75) is 44.4 Å². The summed E-state index contributed by atoms with van der Waals surface area (Å²) in [6.07, 6.45) is 9.19. The summed E-state index contributed by atoms with van der Waals surface area (Å²) in [5.74, 6) is 0.120. The van der Waals surface area contributed by atoms with E-state index in [1.807, 2.05) is 19.4 Å². The molecule has 192 valence electrons. The van der Waals surface area contributed by atoms with Gasteiger partial charge in [-0.15, -0.1) is 0 Å². The fourth-order valence-electron chi connectivity index (χ4n) is 5.50. The average Bonchev–Trinajstić information content (AvgIpc) is 3.24. The van der Waals surface area contributed by atoms with Crippen LogP contribution < -0.4 is 4.72 Å². The van der Waals surface area contributed by atoms with E-state index < -0.39 is 10.0 Å². The predicted molar refractivity (Wildman–Crippen MR) is 144 cm³/mol. The van der Waals surface area contributed by atoms with Crippen LogP contribution in [0.25, 0.3) is 16.6 Å². The van der Waals surface area contributed by atoms with Gasteiger partial charge in [0.2, 0.25) is 10.0 Å². The van der Waals surface area contributed by atoms with Gasteiger partial charge in [0.1, 0.15) is 0 Å². The van der Waals surface area contributed by atoms with Gasteiger partial charge < -0.3 is 9.30 Å². The van der Waals surface area contributed by atoms with Crippen LogP contribution in [0.15, 0.2) is 60.9 Å². The average molecular weight is 509 g/mol. The van der Waals surface area contributed by atoms with Crippen molar-refractivity contribution in [2.24, 2.45) is 13.0 Å². The monoisotopic (exact) mass is 508 g/mol. The summed E-state index contributed by atoms with van der Waals surface area (Å²) in [5, 5.41) is 0. The predicted octanol–water partition coefficient (Wildman–Crippen LogP) is 3.97. The largest absolute Gasteiger partial charge is 0.377 e. The summed E-state index contributed by atoms with van der Waals surface area (Å²) in [5.41, 5.74) is 6.06. The van der Waals surface area contributed by atoms with Gasteiger partial charge in [-0.25, -0.2) is 18.1 Å². The molecule has 0 spiro atoms. The molecule has 2 heterocycles. The Bertz CT molecular complexity index is 1320. The van der Waals surface area contributed by atoms with E-state index in [9.17, 15) is 8.42 Å². The van der Waals surface area contributed by atoms with Crippen LogP contribution in [0, 0.1) is 5.92 Å². The molecule has 1 aliphatic carbocycles. The highest BCUT2D eigenvalue weighted by atomic mass is 32.2. The molecule has 1 aromatic heterocycles. The summed E-state index contributed by atoms with van der Waals surface area (Å²) in [7, 11) is -1.24. The van der Waals surface area contributed by atoms with Crippen molar-refractivity contribution < 1.29 is 13.2 Å². The lowest BCUT2D eigenvalue weighted by Gasteiger charge is -2.39. The van der Waals surface area contributed by atoms with Crippen molar-refractivity contribution in [3.63, 3.8) is 0 Å². The summed E-state index contributed by atoms with van der Waals surface area (Å²) >= 11 is 0. The Labute approximate surface area is 214 Å². The number of ether oxygens (including phenoxy) is 1. The number of hydrogen-bond donors (Lipinski definition) is 1. The molecule has 1 fully saturated rings. The Balaban J connectivity index is 1.20. The first-order valence-corrected chi connectivity index (χ1v) is 14.7. The maximum absolute atomic E-state index is 12.0. The number of sulfonamides is 1. The number of aromatic nitrogens is 2. The first-order chi connectivity index (χ1) is 17.3. The SMILES string of the molecule is Cn1cnc2ccc(C3=CCC(OC[C@@H]4CN(Cc5ccccc5)CC[C@@H]4NS(C)(=O)=O)CC3)cc21. The fraction of sp³-hybridized carbons (Fsp3) is 0.464. The van der Waals surface area contributed by atoms with E-state index in [1.54, 1.807) is 0 Å². The van der Waals surface area contributed by atoms with E-state index in [0.29, 0.717) is 6.61 Å². The quantitative estimate of drug-likeness (QED) is 0.498. The van der Waals surface area contributed by atoms with Crippen molar-refractivity contribution in [3.8, 4) is 0 Å². The molecule has 2 aliphatic rings. The maximum atomic E-state index is 12.0. The number of imidazole rings is 1. The van der Waals surface area contributed by atoms with Crippen molar-refractivity contribution in [3.05, 3.63) is 72.1 Å². The van der Waals surface area contributed by atoms with Gasteiger partial charge in [-0.2, -0.15) is 0 Å². The molecule has 1 N–H and O–H groups in total. The standard InChI is InChI=1S/C28H36N4O3S/c1-31-20-29-27-13-10-23(16-28(27)31)22-8-11-25(12-9-22)35-19-24-18-32(17-21-6-4-3-5-7-21)15-14-26(24)30-36(2,33)34/h3-8,10,13,16,20,24-26,30H,9,11-12,14-15,17-19H2,1-2H3/t24-,25?,26-/m0/s1. The molecule has 0 radical (unpaired) electrons. The lowest BCUT2D eigenvalue weighted by Crippen LogP contribution is -2.52. The van der Waals surface area contributed by atoms with E-state index in [4.69, 9.17) is 4.74 Å². The summed E-state index contributed by atoms with van der Waals surface area (Å²) in [6.45, 7) is 3.13. The Kier molecular flexibility index (Phi) is 7.57.